The Morgan fingerprint density at radius 3 is 2.59 bits per heavy atom. The van der Waals surface area contributed by atoms with E-state index in [0.29, 0.717) is 11.6 Å². The number of carbonyl (C=O) groups excluding carboxylic acids is 1. The van der Waals surface area contributed by atoms with Gasteiger partial charge in [-0.1, -0.05) is 6.07 Å². The number of nitro groups is 1. The second kappa shape index (κ2) is 5.47. The Balaban J connectivity index is 2.26. The zero-order chi connectivity index (χ0) is 16.5. The van der Waals surface area contributed by atoms with Gasteiger partial charge in [-0.3, -0.25) is 20.0 Å². The van der Waals surface area contributed by atoms with E-state index in [4.69, 9.17) is 0 Å². The molecule has 0 aliphatic rings. The fourth-order valence-electron chi connectivity index (χ4n) is 1.67. The fourth-order valence-corrected chi connectivity index (χ4v) is 1.67. The predicted octanol–water partition coefficient (Wildman–Crippen LogP) is 2.90. The third kappa shape index (κ3) is 3.22. The highest BCUT2D eigenvalue weighted by Gasteiger charge is 2.34. The van der Waals surface area contributed by atoms with E-state index in [1.807, 2.05) is 0 Å². The molecule has 1 aromatic heterocycles. The van der Waals surface area contributed by atoms with Gasteiger partial charge in [-0.25, -0.2) is 0 Å². The third-order valence-corrected chi connectivity index (χ3v) is 2.71. The Kier molecular flexibility index (Phi) is 3.85. The van der Waals surface area contributed by atoms with Crippen molar-refractivity contribution in [3.8, 4) is 0 Å². The van der Waals surface area contributed by atoms with Gasteiger partial charge in [-0.2, -0.15) is 18.3 Å². The van der Waals surface area contributed by atoms with Crippen molar-refractivity contribution in [3.05, 3.63) is 51.3 Å². The maximum Gasteiger partial charge on any atom is 0.432 e. The first-order valence-corrected chi connectivity index (χ1v) is 5.87. The summed E-state index contributed by atoms with van der Waals surface area (Å²) in [6.07, 6.45) is -4.67. The van der Waals surface area contributed by atoms with Crippen molar-refractivity contribution in [2.75, 3.05) is 5.32 Å². The maximum atomic E-state index is 12.4. The number of aromatic amines is 1. The van der Waals surface area contributed by atoms with Gasteiger partial charge < -0.3 is 5.32 Å². The minimum atomic E-state index is -4.67. The molecule has 7 nitrogen and oxygen atoms in total. The quantitative estimate of drug-likeness (QED) is 0.672. The molecule has 0 atom stereocenters. The molecular weight excluding hydrogens is 305 g/mol. The average molecular weight is 314 g/mol. The van der Waals surface area contributed by atoms with Crippen LogP contribution < -0.4 is 5.32 Å². The largest absolute Gasteiger partial charge is 0.432 e. The molecule has 0 aliphatic carbocycles. The number of H-pyrrole nitrogens is 1. The number of nitro benzene ring substituents is 1. The van der Waals surface area contributed by atoms with Crippen LogP contribution in [0.3, 0.4) is 0 Å². The first kappa shape index (κ1) is 15.5. The van der Waals surface area contributed by atoms with Crippen LogP contribution in [0.2, 0.25) is 0 Å². The second-order valence-corrected chi connectivity index (χ2v) is 4.40. The molecule has 1 heterocycles. The van der Waals surface area contributed by atoms with Crippen LogP contribution in [0.15, 0.2) is 24.3 Å². The molecule has 0 aliphatic heterocycles. The van der Waals surface area contributed by atoms with Crippen LogP contribution in [-0.2, 0) is 6.18 Å². The molecule has 1 aromatic carbocycles. The molecule has 0 saturated heterocycles. The molecule has 22 heavy (non-hydrogen) atoms. The number of alkyl halides is 3. The molecule has 0 radical (unpaired) electrons. The fraction of sp³-hybridized carbons (Fsp3) is 0.167. The Morgan fingerprint density at radius 2 is 2.05 bits per heavy atom. The summed E-state index contributed by atoms with van der Waals surface area (Å²) < 4.78 is 37.2. The van der Waals surface area contributed by atoms with E-state index in [-0.39, 0.29) is 11.4 Å². The number of carbonyl (C=O) groups is 1. The second-order valence-electron chi connectivity index (χ2n) is 4.40. The molecule has 1 amide bonds. The molecule has 0 spiro atoms. The predicted molar refractivity (Wildman–Crippen MR) is 69.4 cm³/mol. The molecule has 0 fully saturated rings. The van der Waals surface area contributed by atoms with E-state index in [1.54, 1.807) is 12.0 Å². The molecular formula is C12H9F3N4O3. The number of nitrogens with zero attached hydrogens (tertiary/aromatic N) is 2. The minimum Gasteiger partial charge on any atom is -0.315 e. The Labute approximate surface area is 121 Å². The van der Waals surface area contributed by atoms with Crippen LogP contribution in [0.4, 0.5) is 24.5 Å². The van der Waals surface area contributed by atoms with Gasteiger partial charge in [0, 0.05) is 12.1 Å². The van der Waals surface area contributed by atoms with Crippen LogP contribution in [0.1, 0.15) is 21.7 Å². The van der Waals surface area contributed by atoms with Crippen LogP contribution >= 0.6 is 0 Å². The smallest absolute Gasteiger partial charge is 0.315 e. The number of halogens is 3. The Hall–Kier alpha value is -2.91. The standard InChI is InChI=1S/C12H9F3N4O3/c1-6-2-3-7(9(4-6)19(21)22)16-11(20)8-5-10(18-17-8)12(13,14)15/h2-5H,1H3,(H,16,20)(H,17,18). The van der Waals surface area contributed by atoms with Crippen molar-refractivity contribution in [1.82, 2.24) is 10.2 Å². The monoisotopic (exact) mass is 314 g/mol. The average Bonchev–Trinajstić information content (AvgIpc) is 2.90. The summed E-state index contributed by atoms with van der Waals surface area (Å²) in [5.41, 5.74) is -1.60. The number of anilines is 1. The summed E-state index contributed by atoms with van der Waals surface area (Å²) in [5, 5.41) is 18.0. The lowest BCUT2D eigenvalue weighted by Gasteiger charge is -2.05. The number of nitrogens with one attached hydrogen (secondary N) is 2. The zero-order valence-corrected chi connectivity index (χ0v) is 11.1. The van der Waals surface area contributed by atoms with Gasteiger partial charge in [0.25, 0.3) is 11.6 Å². The Bertz CT molecular complexity index is 739. The van der Waals surface area contributed by atoms with Crippen LogP contribution in [-0.4, -0.2) is 21.0 Å². The SMILES string of the molecule is Cc1ccc(NC(=O)c2cc(C(F)(F)F)[nH]n2)c([N+](=O)[O-])c1. The molecule has 2 N–H and O–H groups in total. The summed E-state index contributed by atoms with van der Waals surface area (Å²) in [5.74, 6) is -0.987. The third-order valence-electron chi connectivity index (χ3n) is 2.71. The number of aromatic nitrogens is 2. The minimum absolute atomic E-state index is 0.128. The highest BCUT2D eigenvalue weighted by Crippen LogP contribution is 2.29. The number of benzene rings is 1. The van der Waals surface area contributed by atoms with Gasteiger partial charge in [0.15, 0.2) is 5.69 Å². The molecule has 0 unspecified atom stereocenters. The van der Waals surface area contributed by atoms with E-state index >= 15 is 0 Å². The molecule has 0 bridgehead atoms. The van der Waals surface area contributed by atoms with Crippen LogP contribution in [0.25, 0.3) is 0 Å². The van der Waals surface area contributed by atoms with Gasteiger partial charge in [0.05, 0.1) is 4.92 Å². The van der Waals surface area contributed by atoms with E-state index in [2.05, 4.69) is 10.4 Å². The summed E-state index contributed by atoms with van der Waals surface area (Å²) in [4.78, 5) is 22.0. The van der Waals surface area contributed by atoms with Gasteiger partial charge in [0.1, 0.15) is 11.4 Å². The highest BCUT2D eigenvalue weighted by molar-refractivity contribution is 6.04. The summed E-state index contributed by atoms with van der Waals surface area (Å²) >= 11 is 0. The van der Waals surface area contributed by atoms with Crippen molar-refractivity contribution in [1.29, 1.82) is 0 Å². The van der Waals surface area contributed by atoms with Crippen molar-refractivity contribution in [3.63, 3.8) is 0 Å². The molecule has 116 valence electrons. The van der Waals surface area contributed by atoms with Gasteiger partial charge in [-0.05, 0) is 18.6 Å². The van der Waals surface area contributed by atoms with E-state index in [1.165, 1.54) is 18.2 Å². The summed E-state index contributed by atoms with van der Waals surface area (Å²) in [6, 6.07) is 4.58. The lowest BCUT2D eigenvalue weighted by Crippen LogP contribution is -2.13. The molecule has 10 heteroatoms. The van der Waals surface area contributed by atoms with Crippen molar-refractivity contribution in [2.45, 2.75) is 13.1 Å². The van der Waals surface area contributed by atoms with E-state index in [0.717, 1.165) is 0 Å². The number of hydrogen-bond acceptors (Lipinski definition) is 4. The normalized spacial score (nSPS) is 11.3. The highest BCUT2D eigenvalue weighted by atomic mass is 19.4. The Morgan fingerprint density at radius 1 is 1.36 bits per heavy atom. The molecule has 2 rings (SSSR count). The van der Waals surface area contributed by atoms with Crippen LogP contribution in [0.5, 0.6) is 0 Å². The molecule has 0 saturated carbocycles. The number of hydrogen-bond donors (Lipinski definition) is 2. The van der Waals surface area contributed by atoms with Crippen molar-refractivity contribution >= 4 is 17.3 Å². The summed E-state index contributed by atoms with van der Waals surface area (Å²) in [7, 11) is 0. The summed E-state index contributed by atoms with van der Waals surface area (Å²) in [6.45, 7) is 1.63. The van der Waals surface area contributed by atoms with Gasteiger partial charge >= 0.3 is 6.18 Å². The first-order chi connectivity index (χ1) is 10.2. The van der Waals surface area contributed by atoms with E-state index in [9.17, 15) is 28.1 Å². The van der Waals surface area contributed by atoms with Gasteiger partial charge in [-0.15, -0.1) is 0 Å². The number of rotatable bonds is 3. The van der Waals surface area contributed by atoms with Crippen molar-refractivity contribution < 1.29 is 22.9 Å². The maximum absolute atomic E-state index is 12.4. The lowest BCUT2D eigenvalue weighted by molar-refractivity contribution is -0.384. The van der Waals surface area contributed by atoms with Gasteiger partial charge in [0.2, 0.25) is 0 Å². The molecule has 2 aromatic rings. The lowest BCUT2D eigenvalue weighted by atomic mass is 10.2. The number of amides is 1. The first-order valence-electron chi connectivity index (χ1n) is 5.87. The topological polar surface area (TPSA) is 101 Å². The zero-order valence-electron chi connectivity index (χ0n) is 11.1. The van der Waals surface area contributed by atoms with E-state index < -0.39 is 28.4 Å². The number of aryl methyl sites for hydroxylation is 1. The van der Waals surface area contributed by atoms with Crippen LogP contribution in [0, 0.1) is 17.0 Å². The van der Waals surface area contributed by atoms with Crippen molar-refractivity contribution in [2.24, 2.45) is 0 Å².